The predicted octanol–water partition coefficient (Wildman–Crippen LogP) is 0.644. The molecule has 2 N–H and O–H groups in total. The van der Waals surface area contributed by atoms with Crippen LogP contribution >= 0.6 is 0 Å². The van der Waals surface area contributed by atoms with E-state index in [9.17, 15) is 4.21 Å². The maximum absolute atomic E-state index is 10.9. The predicted molar refractivity (Wildman–Crippen MR) is 57.5 cm³/mol. The van der Waals surface area contributed by atoms with Crippen molar-refractivity contribution in [1.29, 1.82) is 5.26 Å². The lowest BCUT2D eigenvalue weighted by Gasteiger charge is -2.01. The molecule has 1 aromatic rings. The second-order valence-corrected chi connectivity index (χ2v) is 3.73. The van der Waals surface area contributed by atoms with Gasteiger partial charge in [0.15, 0.2) is 6.19 Å². The Balaban J connectivity index is 0.000000583. The number of aromatic nitrogens is 1. The second-order valence-electron chi connectivity index (χ2n) is 2.35. The first-order valence-corrected chi connectivity index (χ1v) is 5.73. The summed E-state index contributed by atoms with van der Waals surface area (Å²) in [5, 5.41) is 7.10. The Bertz CT molecular complexity index is 345. The maximum atomic E-state index is 10.9. The number of nitrogens with zero attached hydrogens (tertiary/aromatic N) is 2. The molecule has 0 aliphatic heterocycles. The Morgan fingerprint density at radius 1 is 1.67 bits per heavy atom. The summed E-state index contributed by atoms with van der Waals surface area (Å²) < 4.78 is 16.1. The van der Waals surface area contributed by atoms with Gasteiger partial charge in [0.25, 0.3) is 0 Å². The van der Waals surface area contributed by atoms with Crippen LogP contribution in [0.1, 0.15) is 6.92 Å². The van der Waals surface area contributed by atoms with E-state index in [1.165, 1.54) is 6.19 Å². The number of nitrogens with two attached hydrogens (primary N) is 1. The molecule has 1 aromatic heterocycles. The standard InChI is InChI=1S/C8H11NO2S.CH2N2/c1-3-11-8-5-4-7(6-9-8)12(2)10;2-1-3/h4-6H,3H2,1-2H3;2H2. The van der Waals surface area contributed by atoms with Crippen LogP contribution in [0.5, 0.6) is 5.88 Å². The summed E-state index contributed by atoms with van der Waals surface area (Å²) in [4.78, 5) is 4.70. The second kappa shape index (κ2) is 7.76. The summed E-state index contributed by atoms with van der Waals surface area (Å²) in [5.74, 6) is 0.576. The van der Waals surface area contributed by atoms with Gasteiger partial charge in [0.1, 0.15) is 0 Å². The van der Waals surface area contributed by atoms with Crippen molar-refractivity contribution in [2.75, 3.05) is 12.9 Å². The molecule has 1 heterocycles. The van der Waals surface area contributed by atoms with Crippen molar-refractivity contribution in [3.05, 3.63) is 18.3 Å². The molecule has 5 nitrogen and oxygen atoms in total. The van der Waals surface area contributed by atoms with Crippen LogP contribution in [-0.4, -0.2) is 22.1 Å². The third kappa shape index (κ3) is 5.65. The molecule has 1 unspecified atom stereocenters. The van der Waals surface area contributed by atoms with Crippen molar-refractivity contribution in [1.82, 2.24) is 4.98 Å². The van der Waals surface area contributed by atoms with E-state index in [0.717, 1.165) is 4.90 Å². The van der Waals surface area contributed by atoms with Gasteiger partial charge in [-0.05, 0) is 13.0 Å². The van der Waals surface area contributed by atoms with Crippen molar-refractivity contribution >= 4 is 10.8 Å². The van der Waals surface area contributed by atoms with E-state index < -0.39 is 10.8 Å². The quantitative estimate of drug-likeness (QED) is 0.604. The third-order valence-electron chi connectivity index (χ3n) is 1.33. The molecular weight excluding hydrogens is 214 g/mol. The van der Waals surface area contributed by atoms with Crippen LogP contribution in [0.25, 0.3) is 0 Å². The SMILES string of the molecule is CCOc1ccc(S(C)=O)cn1.N#CN. The lowest BCUT2D eigenvalue weighted by atomic mass is 10.5. The molecule has 0 amide bonds. The van der Waals surface area contributed by atoms with Gasteiger partial charge in [0.05, 0.1) is 22.3 Å². The first-order chi connectivity index (χ1) is 7.15. The fourth-order valence-corrected chi connectivity index (χ4v) is 1.23. The molecule has 82 valence electrons. The Hall–Kier alpha value is -1.61. The highest BCUT2D eigenvalue weighted by Gasteiger charge is 1.98. The van der Waals surface area contributed by atoms with Gasteiger partial charge in [-0.2, -0.15) is 5.26 Å². The molecule has 1 rings (SSSR count). The van der Waals surface area contributed by atoms with Crippen LogP contribution in [0.15, 0.2) is 23.2 Å². The monoisotopic (exact) mass is 227 g/mol. The average molecular weight is 227 g/mol. The highest BCUT2D eigenvalue weighted by atomic mass is 32.2. The lowest BCUT2D eigenvalue weighted by Crippen LogP contribution is -1.95. The van der Waals surface area contributed by atoms with Crippen molar-refractivity contribution in [2.45, 2.75) is 11.8 Å². The molecule has 6 heteroatoms. The zero-order chi connectivity index (χ0) is 11.7. The summed E-state index contributed by atoms with van der Waals surface area (Å²) in [7, 11) is -0.959. The van der Waals surface area contributed by atoms with Crippen LogP contribution in [0.4, 0.5) is 0 Å². The molecule has 0 radical (unpaired) electrons. The minimum absolute atomic E-state index is 0.576. The van der Waals surface area contributed by atoms with Crippen LogP contribution < -0.4 is 10.5 Å². The zero-order valence-electron chi connectivity index (χ0n) is 8.64. The van der Waals surface area contributed by atoms with Crippen molar-refractivity contribution in [3.8, 4) is 12.1 Å². The van der Waals surface area contributed by atoms with Gasteiger partial charge in [-0.1, -0.05) is 0 Å². The summed E-state index contributed by atoms with van der Waals surface area (Å²) in [6.45, 7) is 2.50. The molecule has 0 bridgehead atoms. The first-order valence-electron chi connectivity index (χ1n) is 4.17. The Morgan fingerprint density at radius 2 is 2.27 bits per heavy atom. The third-order valence-corrected chi connectivity index (χ3v) is 2.24. The highest BCUT2D eigenvalue weighted by Crippen LogP contribution is 2.09. The minimum atomic E-state index is -0.959. The molecule has 0 aliphatic rings. The van der Waals surface area contributed by atoms with Gasteiger partial charge in [0.2, 0.25) is 5.88 Å². The van der Waals surface area contributed by atoms with E-state index in [-0.39, 0.29) is 0 Å². The van der Waals surface area contributed by atoms with E-state index in [2.05, 4.69) is 10.7 Å². The minimum Gasteiger partial charge on any atom is -0.478 e. The Labute approximate surface area is 91.3 Å². The summed E-state index contributed by atoms with van der Waals surface area (Å²) in [5.41, 5.74) is 4.15. The number of pyridine rings is 1. The van der Waals surface area contributed by atoms with Gasteiger partial charge in [-0.15, -0.1) is 0 Å². The van der Waals surface area contributed by atoms with Crippen LogP contribution in [0.2, 0.25) is 0 Å². The Morgan fingerprint density at radius 3 is 2.60 bits per heavy atom. The van der Waals surface area contributed by atoms with E-state index in [1.807, 2.05) is 6.92 Å². The number of hydrogen-bond acceptors (Lipinski definition) is 5. The van der Waals surface area contributed by atoms with Gasteiger partial charge >= 0.3 is 0 Å². The van der Waals surface area contributed by atoms with Crippen LogP contribution in [-0.2, 0) is 10.8 Å². The molecule has 0 aromatic carbocycles. The van der Waals surface area contributed by atoms with Crippen molar-refractivity contribution < 1.29 is 8.95 Å². The van der Waals surface area contributed by atoms with Crippen molar-refractivity contribution in [3.63, 3.8) is 0 Å². The van der Waals surface area contributed by atoms with E-state index in [4.69, 9.17) is 10.00 Å². The zero-order valence-corrected chi connectivity index (χ0v) is 9.45. The van der Waals surface area contributed by atoms with E-state index in [1.54, 1.807) is 24.6 Å². The first kappa shape index (κ1) is 13.4. The normalized spacial score (nSPS) is 10.5. The number of nitriles is 1. The molecule has 0 saturated heterocycles. The van der Waals surface area contributed by atoms with Gasteiger partial charge in [-0.25, -0.2) is 4.98 Å². The van der Waals surface area contributed by atoms with Gasteiger partial charge in [-0.3, -0.25) is 4.21 Å². The fourth-order valence-electron chi connectivity index (χ4n) is 0.770. The Kier molecular flexibility index (Phi) is 6.93. The van der Waals surface area contributed by atoms with Crippen LogP contribution in [0.3, 0.4) is 0 Å². The molecular formula is C9H13N3O2S. The van der Waals surface area contributed by atoms with Crippen molar-refractivity contribution in [2.24, 2.45) is 5.73 Å². The van der Waals surface area contributed by atoms with E-state index >= 15 is 0 Å². The topological polar surface area (TPSA) is 89.0 Å². The molecule has 0 aliphatic carbocycles. The van der Waals surface area contributed by atoms with Crippen LogP contribution in [0, 0.1) is 11.5 Å². The summed E-state index contributed by atoms with van der Waals surface area (Å²) >= 11 is 0. The number of ether oxygens (including phenoxy) is 1. The lowest BCUT2D eigenvalue weighted by molar-refractivity contribution is 0.326. The number of rotatable bonds is 3. The summed E-state index contributed by atoms with van der Waals surface area (Å²) in [6.07, 6.45) is 4.44. The summed E-state index contributed by atoms with van der Waals surface area (Å²) in [6, 6.07) is 3.48. The molecule has 0 fully saturated rings. The van der Waals surface area contributed by atoms with Gasteiger partial charge in [0, 0.05) is 18.5 Å². The molecule has 0 spiro atoms. The van der Waals surface area contributed by atoms with Gasteiger partial charge < -0.3 is 10.5 Å². The molecule has 1 atom stereocenters. The highest BCUT2D eigenvalue weighted by molar-refractivity contribution is 7.84. The molecule has 0 saturated carbocycles. The fraction of sp³-hybridized carbons (Fsp3) is 0.333. The smallest absolute Gasteiger partial charge is 0.213 e. The average Bonchev–Trinajstić information content (AvgIpc) is 2.20. The largest absolute Gasteiger partial charge is 0.478 e. The molecule has 15 heavy (non-hydrogen) atoms. The number of hydrogen-bond donors (Lipinski definition) is 1. The maximum Gasteiger partial charge on any atom is 0.213 e. The van der Waals surface area contributed by atoms with E-state index in [0.29, 0.717) is 12.5 Å².